The minimum absolute atomic E-state index is 0.238. The number of hydrogen-bond donors (Lipinski definition) is 0. The first-order valence-electron chi connectivity index (χ1n) is 4.34. The average Bonchev–Trinajstić information content (AvgIpc) is 2.30. The van der Waals surface area contributed by atoms with Crippen LogP contribution in [0.4, 0.5) is 0 Å². The Labute approximate surface area is 72.0 Å². The third-order valence-corrected chi connectivity index (χ3v) is 2.58. The summed E-state index contributed by atoms with van der Waals surface area (Å²) in [4.78, 5) is 13.1. The second kappa shape index (κ2) is 2.90. The van der Waals surface area contributed by atoms with E-state index in [0.717, 1.165) is 26.1 Å². The lowest BCUT2D eigenvalue weighted by Crippen LogP contribution is -2.20. The SMILES string of the molecule is CN1C(=O)CC2=C1CCOCC2. The summed E-state index contributed by atoms with van der Waals surface area (Å²) in [5, 5.41) is 0. The van der Waals surface area contributed by atoms with Gasteiger partial charge in [0.15, 0.2) is 0 Å². The van der Waals surface area contributed by atoms with Gasteiger partial charge in [0, 0.05) is 19.2 Å². The molecular weight excluding hydrogens is 154 g/mol. The van der Waals surface area contributed by atoms with Gasteiger partial charge in [-0.2, -0.15) is 0 Å². The van der Waals surface area contributed by atoms with E-state index in [1.807, 2.05) is 7.05 Å². The van der Waals surface area contributed by atoms with Crippen LogP contribution in [0.1, 0.15) is 19.3 Å². The molecule has 1 amide bonds. The molecule has 2 aliphatic heterocycles. The fourth-order valence-corrected chi connectivity index (χ4v) is 1.83. The lowest BCUT2D eigenvalue weighted by Gasteiger charge is -2.13. The van der Waals surface area contributed by atoms with Gasteiger partial charge >= 0.3 is 0 Å². The normalized spacial score (nSPS) is 24.4. The molecule has 0 atom stereocenters. The van der Waals surface area contributed by atoms with Crippen LogP contribution in [0.2, 0.25) is 0 Å². The van der Waals surface area contributed by atoms with Crippen LogP contribution in [0.15, 0.2) is 11.3 Å². The van der Waals surface area contributed by atoms with Gasteiger partial charge in [-0.3, -0.25) is 4.79 Å². The summed E-state index contributed by atoms with van der Waals surface area (Å²) in [6.45, 7) is 1.54. The van der Waals surface area contributed by atoms with Crippen molar-refractivity contribution in [1.29, 1.82) is 0 Å². The highest BCUT2D eigenvalue weighted by molar-refractivity contribution is 5.83. The van der Waals surface area contributed by atoms with Crippen molar-refractivity contribution in [3.8, 4) is 0 Å². The number of rotatable bonds is 0. The molecule has 2 heterocycles. The molecule has 2 rings (SSSR count). The van der Waals surface area contributed by atoms with Crippen molar-refractivity contribution in [2.24, 2.45) is 0 Å². The molecule has 0 saturated heterocycles. The van der Waals surface area contributed by atoms with Crippen LogP contribution in [0.5, 0.6) is 0 Å². The third kappa shape index (κ3) is 1.14. The smallest absolute Gasteiger partial charge is 0.230 e. The second-order valence-corrected chi connectivity index (χ2v) is 3.29. The van der Waals surface area contributed by atoms with Gasteiger partial charge in [0.25, 0.3) is 0 Å². The number of nitrogens with zero attached hydrogens (tertiary/aromatic N) is 1. The maximum Gasteiger partial charge on any atom is 0.230 e. The number of ether oxygens (including phenoxy) is 1. The van der Waals surface area contributed by atoms with Gasteiger partial charge in [-0.15, -0.1) is 0 Å². The van der Waals surface area contributed by atoms with E-state index >= 15 is 0 Å². The molecule has 0 radical (unpaired) electrons. The monoisotopic (exact) mass is 167 g/mol. The van der Waals surface area contributed by atoms with Crippen molar-refractivity contribution in [3.05, 3.63) is 11.3 Å². The van der Waals surface area contributed by atoms with E-state index in [1.54, 1.807) is 4.90 Å². The maximum atomic E-state index is 11.3. The highest BCUT2D eigenvalue weighted by Crippen LogP contribution is 2.29. The molecule has 0 unspecified atom stereocenters. The van der Waals surface area contributed by atoms with Gasteiger partial charge in [0.2, 0.25) is 5.91 Å². The zero-order valence-electron chi connectivity index (χ0n) is 7.30. The Morgan fingerprint density at radius 2 is 2.08 bits per heavy atom. The fraction of sp³-hybridized carbons (Fsp3) is 0.667. The summed E-state index contributed by atoms with van der Waals surface area (Å²) in [6, 6.07) is 0. The standard InChI is InChI=1S/C9H13NO2/c1-10-8-3-5-12-4-2-7(8)6-9(10)11/h2-6H2,1H3. The van der Waals surface area contributed by atoms with Crippen LogP contribution in [0.3, 0.4) is 0 Å². The second-order valence-electron chi connectivity index (χ2n) is 3.29. The molecule has 0 aromatic heterocycles. The largest absolute Gasteiger partial charge is 0.381 e. The fourth-order valence-electron chi connectivity index (χ4n) is 1.83. The van der Waals surface area contributed by atoms with Crippen molar-refractivity contribution < 1.29 is 9.53 Å². The highest BCUT2D eigenvalue weighted by Gasteiger charge is 2.27. The molecular formula is C9H13NO2. The zero-order chi connectivity index (χ0) is 8.55. The van der Waals surface area contributed by atoms with Crippen LogP contribution >= 0.6 is 0 Å². The van der Waals surface area contributed by atoms with Crippen LogP contribution in [0, 0.1) is 0 Å². The lowest BCUT2D eigenvalue weighted by molar-refractivity contribution is -0.126. The topological polar surface area (TPSA) is 29.5 Å². The van der Waals surface area contributed by atoms with Crippen molar-refractivity contribution in [2.45, 2.75) is 19.3 Å². The van der Waals surface area contributed by atoms with Gasteiger partial charge in [-0.05, 0) is 12.0 Å². The Morgan fingerprint density at radius 3 is 2.92 bits per heavy atom. The first kappa shape index (κ1) is 7.80. The molecule has 66 valence electrons. The van der Waals surface area contributed by atoms with E-state index in [1.165, 1.54) is 11.3 Å². The van der Waals surface area contributed by atoms with Crippen LogP contribution < -0.4 is 0 Å². The van der Waals surface area contributed by atoms with E-state index in [-0.39, 0.29) is 5.91 Å². The average molecular weight is 167 g/mol. The summed E-state index contributed by atoms with van der Waals surface area (Å²) in [7, 11) is 1.86. The summed E-state index contributed by atoms with van der Waals surface area (Å²) >= 11 is 0. The Bertz CT molecular complexity index is 245. The van der Waals surface area contributed by atoms with E-state index in [9.17, 15) is 4.79 Å². The minimum atomic E-state index is 0.238. The van der Waals surface area contributed by atoms with E-state index in [4.69, 9.17) is 4.74 Å². The number of amides is 1. The Balaban J connectivity index is 2.22. The predicted octanol–water partition coefficient (Wildman–Crippen LogP) is 0.913. The minimum Gasteiger partial charge on any atom is -0.381 e. The molecule has 3 nitrogen and oxygen atoms in total. The number of carbonyl (C=O) groups excluding carboxylic acids is 1. The molecule has 0 bridgehead atoms. The Hall–Kier alpha value is -0.830. The Morgan fingerprint density at radius 1 is 1.33 bits per heavy atom. The molecule has 3 heteroatoms. The van der Waals surface area contributed by atoms with Gasteiger partial charge < -0.3 is 9.64 Å². The third-order valence-electron chi connectivity index (χ3n) is 2.58. The van der Waals surface area contributed by atoms with E-state index < -0.39 is 0 Å². The van der Waals surface area contributed by atoms with Crippen LogP contribution in [-0.2, 0) is 9.53 Å². The van der Waals surface area contributed by atoms with Crippen molar-refractivity contribution in [3.63, 3.8) is 0 Å². The number of hydrogen-bond acceptors (Lipinski definition) is 2. The molecule has 2 aliphatic rings. The molecule has 12 heavy (non-hydrogen) atoms. The maximum absolute atomic E-state index is 11.3. The molecule has 0 aromatic carbocycles. The molecule has 0 spiro atoms. The first-order valence-corrected chi connectivity index (χ1v) is 4.34. The van der Waals surface area contributed by atoms with Gasteiger partial charge in [0.1, 0.15) is 0 Å². The van der Waals surface area contributed by atoms with E-state index in [0.29, 0.717) is 6.42 Å². The predicted molar refractivity (Wildman–Crippen MR) is 44.5 cm³/mol. The van der Waals surface area contributed by atoms with Crippen molar-refractivity contribution in [2.75, 3.05) is 20.3 Å². The Kier molecular flexibility index (Phi) is 1.89. The van der Waals surface area contributed by atoms with Gasteiger partial charge in [0.05, 0.1) is 19.6 Å². The summed E-state index contributed by atoms with van der Waals surface area (Å²) in [6.07, 6.45) is 2.46. The van der Waals surface area contributed by atoms with Crippen LogP contribution in [-0.4, -0.2) is 31.1 Å². The van der Waals surface area contributed by atoms with Crippen LogP contribution in [0.25, 0.3) is 0 Å². The summed E-state index contributed by atoms with van der Waals surface area (Å²) < 4.78 is 5.33. The quantitative estimate of drug-likeness (QED) is 0.536. The first-order chi connectivity index (χ1) is 5.79. The number of carbonyl (C=O) groups is 1. The van der Waals surface area contributed by atoms with Crippen molar-refractivity contribution in [1.82, 2.24) is 4.90 Å². The van der Waals surface area contributed by atoms with Crippen molar-refractivity contribution >= 4 is 5.91 Å². The zero-order valence-corrected chi connectivity index (χ0v) is 7.30. The lowest BCUT2D eigenvalue weighted by atomic mass is 10.1. The van der Waals surface area contributed by atoms with Gasteiger partial charge in [-0.25, -0.2) is 0 Å². The highest BCUT2D eigenvalue weighted by atomic mass is 16.5. The summed E-state index contributed by atoms with van der Waals surface area (Å²) in [5.74, 6) is 0.238. The summed E-state index contributed by atoms with van der Waals surface area (Å²) in [5.41, 5.74) is 2.50. The van der Waals surface area contributed by atoms with E-state index in [2.05, 4.69) is 0 Å². The molecule has 0 aliphatic carbocycles. The van der Waals surface area contributed by atoms with Gasteiger partial charge in [-0.1, -0.05) is 0 Å². The molecule has 0 aromatic rings. The molecule has 0 N–H and O–H groups in total. The molecule has 0 fully saturated rings. The molecule has 0 saturated carbocycles.